The Balaban J connectivity index is 1.83. The number of terminal acetylenes is 1. The molecule has 0 saturated carbocycles. The number of hydrogen-bond donors (Lipinski definition) is 0. The molecule has 0 aromatic heterocycles. The molecule has 3 heterocycles. The van der Waals surface area contributed by atoms with E-state index in [2.05, 4.69) is 44.8 Å². The molecule has 0 radical (unpaired) electrons. The monoisotopic (exact) mass is 545 g/mol. The Morgan fingerprint density at radius 3 is 2.59 bits per heavy atom. The zero-order valence-corrected chi connectivity index (χ0v) is 24.4. The zero-order valence-electron chi connectivity index (χ0n) is 24.4. The Labute approximate surface area is 234 Å². The van der Waals surface area contributed by atoms with Gasteiger partial charge < -0.3 is 33.3 Å². The second kappa shape index (κ2) is 15.6. The first-order chi connectivity index (χ1) is 18.7. The number of ether oxygens (including phenoxy) is 6. The zero-order chi connectivity index (χ0) is 28.4. The molecule has 8 nitrogen and oxygen atoms in total. The average molecular weight is 546 g/mol. The third-order valence-electron chi connectivity index (χ3n) is 7.72. The van der Waals surface area contributed by atoms with Crippen molar-refractivity contribution in [1.29, 1.82) is 0 Å². The fourth-order valence-electron chi connectivity index (χ4n) is 5.69. The van der Waals surface area contributed by atoms with Gasteiger partial charge in [0.2, 0.25) is 0 Å². The van der Waals surface area contributed by atoms with Crippen LogP contribution in [-0.2, 0) is 33.2 Å². The van der Waals surface area contributed by atoms with Crippen molar-refractivity contribution >= 4 is 5.97 Å². The molecule has 0 bridgehead atoms. The maximum absolute atomic E-state index is 12.4. The third-order valence-corrected chi connectivity index (χ3v) is 7.72. The lowest BCUT2D eigenvalue weighted by atomic mass is 9.86. The molecular formula is C31H47NO7. The summed E-state index contributed by atoms with van der Waals surface area (Å²) in [6.07, 6.45) is 17.9. The van der Waals surface area contributed by atoms with E-state index in [-0.39, 0.29) is 61.5 Å². The van der Waals surface area contributed by atoms with Crippen LogP contribution in [0.2, 0.25) is 0 Å². The molecule has 3 aliphatic rings. The van der Waals surface area contributed by atoms with Gasteiger partial charge >= 0.3 is 5.97 Å². The van der Waals surface area contributed by atoms with Crippen molar-refractivity contribution in [2.45, 2.75) is 102 Å². The van der Waals surface area contributed by atoms with Crippen LogP contribution in [0.5, 0.6) is 0 Å². The van der Waals surface area contributed by atoms with Crippen LogP contribution in [0.15, 0.2) is 36.1 Å². The molecule has 0 N–H and O–H groups in total. The second-order valence-corrected chi connectivity index (χ2v) is 11.1. The minimum absolute atomic E-state index is 0.0798. The number of nitrogens with zero attached hydrogens (tertiary/aromatic N) is 1. The fourth-order valence-corrected chi connectivity index (χ4v) is 5.69. The van der Waals surface area contributed by atoms with E-state index in [0.29, 0.717) is 24.6 Å². The molecular weight excluding hydrogens is 498 g/mol. The first-order valence-corrected chi connectivity index (χ1v) is 14.2. The van der Waals surface area contributed by atoms with Gasteiger partial charge in [0.1, 0.15) is 24.6 Å². The highest BCUT2D eigenvalue weighted by Crippen LogP contribution is 2.38. The number of likely N-dealkylation sites (N-methyl/N-ethyl adjacent to an activating group) is 1. The van der Waals surface area contributed by atoms with Gasteiger partial charge in [0.15, 0.2) is 12.6 Å². The number of methoxy groups -OCH3 is 1. The van der Waals surface area contributed by atoms with E-state index < -0.39 is 6.29 Å². The van der Waals surface area contributed by atoms with Crippen LogP contribution in [-0.4, -0.2) is 81.7 Å². The maximum Gasteiger partial charge on any atom is 0.310 e. The van der Waals surface area contributed by atoms with Gasteiger partial charge in [0, 0.05) is 18.9 Å². The molecule has 0 unspecified atom stereocenters. The standard InChI is InChI=1S/C31H47NO7/c1-8-18-35-30-20-24-19-21(2)26(38-29-17-14-25(32(5)6)23(4)37-29)13-11-9-10-12-22(3)36-28(33)16-15-27(34-7)31(24)39-30/h1,9-11,13,15,21-26,29-31H,12,14,16-20H2,2-7H3/b10-9+,13-11+,27-15-/t21-,22-,23-,24-,25+,26+,29+,30-,31-/m1/s1. The van der Waals surface area contributed by atoms with Crippen molar-refractivity contribution in [3.8, 4) is 12.3 Å². The van der Waals surface area contributed by atoms with Gasteiger partial charge in [0.25, 0.3) is 0 Å². The largest absolute Gasteiger partial charge is 0.499 e. The van der Waals surface area contributed by atoms with Gasteiger partial charge in [-0.1, -0.05) is 37.1 Å². The molecule has 0 aromatic carbocycles. The highest BCUT2D eigenvalue weighted by atomic mass is 16.7. The van der Waals surface area contributed by atoms with E-state index >= 15 is 0 Å². The highest BCUT2D eigenvalue weighted by molar-refractivity contribution is 5.71. The van der Waals surface area contributed by atoms with Crippen LogP contribution in [0.4, 0.5) is 0 Å². The SMILES string of the molecule is C#CCO[C@H]1C[C@H]2C[C@@H](C)[C@@H](O[C@H]3CC[C@H](N(C)C)[C@@H](C)O3)/C=C/C=C/C[C@@H](C)OC(=O)C/C=C(\OC)[C@@H]2O1. The minimum Gasteiger partial charge on any atom is -0.499 e. The second-order valence-electron chi connectivity index (χ2n) is 11.1. The summed E-state index contributed by atoms with van der Waals surface area (Å²) in [6, 6.07) is 0.379. The van der Waals surface area contributed by atoms with Gasteiger partial charge in [-0.15, -0.1) is 6.42 Å². The summed E-state index contributed by atoms with van der Waals surface area (Å²) in [5, 5.41) is 0. The summed E-state index contributed by atoms with van der Waals surface area (Å²) in [7, 11) is 5.78. The van der Waals surface area contributed by atoms with Gasteiger partial charge in [-0.3, -0.25) is 4.79 Å². The number of fused-ring (bicyclic) bond motifs is 1. The van der Waals surface area contributed by atoms with Crippen LogP contribution in [0, 0.1) is 24.2 Å². The number of esters is 1. The lowest BCUT2D eigenvalue weighted by Gasteiger charge is -2.39. The van der Waals surface area contributed by atoms with Crippen LogP contribution in [0.3, 0.4) is 0 Å². The highest BCUT2D eigenvalue weighted by Gasteiger charge is 2.41. The lowest BCUT2D eigenvalue weighted by Crippen LogP contribution is -2.46. The fraction of sp³-hybridized carbons (Fsp3) is 0.710. The number of allylic oxidation sites excluding steroid dienone is 2. The number of hydrogen-bond acceptors (Lipinski definition) is 8. The molecule has 8 heteroatoms. The molecule has 2 fully saturated rings. The first-order valence-electron chi connectivity index (χ1n) is 14.2. The summed E-state index contributed by atoms with van der Waals surface area (Å²) in [5.74, 6) is 3.04. The van der Waals surface area contributed by atoms with Crippen molar-refractivity contribution in [1.82, 2.24) is 4.90 Å². The molecule has 2 saturated heterocycles. The predicted octanol–water partition coefficient (Wildman–Crippen LogP) is 4.60. The van der Waals surface area contributed by atoms with Crippen LogP contribution in [0.1, 0.15) is 59.3 Å². The molecule has 0 amide bonds. The lowest BCUT2D eigenvalue weighted by molar-refractivity contribution is -0.224. The first kappa shape index (κ1) is 31.4. The molecule has 3 rings (SSSR count). The summed E-state index contributed by atoms with van der Waals surface area (Å²) in [4.78, 5) is 14.7. The van der Waals surface area contributed by atoms with Gasteiger partial charge in [-0.25, -0.2) is 0 Å². The van der Waals surface area contributed by atoms with E-state index in [0.717, 1.165) is 19.3 Å². The van der Waals surface area contributed by atoms with E-state index in [1.54, 1.807) is 13.2 Å². The minimum atomic E-state index is -0.445. The van der Waals surface area contributed by atoms with Gasteiger partial charge in [-0.05, 0) is 65.1 Å². The normalized spacial score (nSPS) is 39.6. The smallest absolute Gasteiger partial charge is 0.310 e. The van der Waals surface area contributed by atoms with E-state index in [1.165, 1.54) is 0 Å². The van der Waals surface area contributed by atoms with Crippen molar-refractivity contribution in [3.63, 3.8) is 0 Å². The Morgan fingerprint density at radius 1 is 1.10 bits per heavy atom. The number of carbonyl (C=O) groups is 1. The summed E-state index contributed by atoms with van der Waals surface area (Å²) < 4.78 is 36.2. The van der Waals surface area contributed by atoms with E-state index in [1.807, 2.05) is 25.2 Å². The summed E-state index contributed by atoms with van der Waals surface area (Å²) in [5.41, 5.74) is 0. The Morgan fingerprint density at radius 2 is 1.90 bits per heavy atom. The molecule has 0 spiro atoms. The summed E-state index contributed by atoms with van der Waals surface area (Å²) in [6.45, 7) is 6.36. The Kier molecular flexibility index (Phi) is 12.5. The summed E-state index contributed by atoms with van der Waals surface area (Å²) >= 11 is 0. The van der Waals surface area contributed by atoms with Gasteiger partial charge in [0.05, 0.1) is 25.7 Å². The average Bonchev–Trinajstić information content (AvgIpc) is 3.28. The third kappa shape index (κ3) is 9.47. The molecule has 9 atom stereocenters. The number of carbonyl (C=O) groups excluding carboxylic acids is 1. The van der Waals surface area contributed by atoms with Crippen molar-refractivity contribution < 1.29 is 33.2 Å². The number of cyclic esters (lactones) is 1. The maximum atomic E-state index is 12.4. The van der Waals surface area contributed by atoms with Crippen molar-refractivity contribution in [2.75, 3.05) is 27.8 Å². The van der Waals surface area contributed by atoms with E-state index in [4.69, 9.17) is 34.8 Å². The van der Waals surface area contributed by atoms with E-state index in [9.17, 15) is 4.79 Å². The van der Waals surface area contributed by atoms with Crippen LogP contribution in [0.25, 0.3) is 0 Å². The van der Waals surface area contributed by atoms with Gasteiger partial charge in [-0.2, -0.15) is 0 Å². The Hall–Kier alpha value is -2.15. The van der Waals surface area contributed by atoms with Crippen LogP contribution >= 0.6 is 0 Å². The Bertz CT molecular complexity index is 907. The molecule has 0 aromatic rings. The molecule has 3 aliphatic heterocycles. The number of rotatable bonds is 6. The molecule has 39 heavy (non-hydrogen) atoms. The predicted molar refractivity (Wildman–Crippen MR) is 149 cm³/mol. The molecule has 0 aliphatic carbocycles. The van der Waals surface area contributed by atoms with Crippen LogP contribution < -0.4 is 0 Å². The molecule has 218 valence electrons. The van der Waals surface area contributed by atoms with Crippen molar-refractivity contribution in [2.24, 2.45) is 11.8 Å². The quantitative estimate of drug-likeness (QED) is 0.354. The van der Waals surface area contributed by atoms with Crippen molar-refractivity contribution in [3.05, 3.63) is 36.1 Å². The topological polar surface area (TPSA) is 75.7 Å².